The number of fused-ring (bicyclic) bond motifs is 12. The molecule has 0 radical (unpaired) electrons. The molecule has 0 bridgehead atoms. The summed E-state index contributed by atoms with van der Waals surface area (Å²) in [5.41, 5.74) is 7.43. The third-order valence-electron chi connectivity index (χ3n) is 9.14. The smallest absolute Gasteiger partial charge is 0.0708 e. The van der Waals surface area contributed by atoms with E-state index in [0.29, 0.717) is 0 Å². The van der Waals surface area contributed by atoms with Crippen molar-refractivity contribution >= 4 is 59.9 Å². The van der Waals surface area contributed by atoms with E-state index in [4.69, 9.17) is 4.98 Å². The minimum atomic E-state index is 0.996. The zero-order valence-corrected chi connectivity index (χ0v) is 23.1. The number of pyridine rings is 1. The van der Waals surface area contributed by atoms with Gasteiger partial charge >= 0.3 is 0 Å². The number of aryl methyl sites for hydroxylation is 1. The predicted octanol–water partition coefficient (Wildman–Crippen LogP) is 11.1. The molecule has 7 aromatic carbocycles. The summed E-state index contributed by atoms with van der Waals surface area (Å²) in [6.45, 7) is 0. The molecule has 0 amide bonds. The van der Waals surface area contributed by atoms with Crippen LogP contribution in [-0.2, 0) is 6.42 Å². The van der Waals surface area contributed by atoms with Crippen molar-refractivity contribution in [3.05, 3.63) is 145 Å². The summed E-state index contributed by atoms with van der Waals surface area (Å²) in [7, 11) is 0. The topological polar surface area (TPSA) is 12.9 Å². The Morgan fingerprint density at radius 1 is 0.429 bits per heavy atom. The van der Waals surface area contributed by atoms with E-state index in [0.717, 1.165) is 24.1 Å². The molecule has 1 nitrogen and oxygen atoms in total. The van der Waals surface area contributed by atoms with Crippen molar-refractivity contribution in [2.24, 2.45) is 0 Å². The van der Waals surface area contributed by atoms with Gasteiger partial charge in [-0.2, -0.15) is 0 Å². The van der Waals surface area contributed by atoms with E-state index in [9.17, 15) is 0 Å². The van der Waals surface area contributed by atoms with Gasteiger partial charge in [0, 0.05) is 17.1 Å². The molecule has 0 aliphatic heterocycles. The van der Waals surface area contributed by atoms with Crippen LogP contribution >= 0.6 is 0 Å². The normalized spacial score (nSPS) is 13.0. The molecule has 1 heterocycles. The van der Waals surface area contributed by atoms with Crippen LogP contribution in [0.15, 0.2) is 134 Å². The third-order valence-corrected chi connectivity index (χ3v) is 9.14. The van der Waals surface area contributed by atoms with E-state index in [1.54, 1.807) is 0 Å². The van der Waals surface area contributed by atoms with Crippen molar-refractivity contribution in [1.82, 2.24) is 4.98 Å². The molecule has 0 spiro atoms. The molecular weight excluding hydrogens is 506 g/mol. The first-order valence-electron chi connectivity index (χ1n) is 14.8. The van der Waals surface area contributed by atoms with Crippen LogP contribution in [-0.4, -0.2) is 4.98 Å². The first kappa shape index (κ1) is 23.4. The minimum Gasteiger partial charge on any atom is -0.256 e. The van der Waals surface area contributed by atoms with Crippen molar-refractivity contribution in [1.29, 1.82) is 0 Å². The van der Waals surface area contributed by atoms with Gasteiger partial charge in [-0.05, 0) is 102 Å². The Kier molecular flexibility index (Phi) is 5.09. The Labute approximate surface area is 244 Å². The predicted molar refractivity (Wildman–Crippen MR) is 180 cm³/mol. The molecule has 0 atom stereocenters. The third kappa shape index (κ3) is 3.47. The summed E-state index contributed by atoms with van der Waals surface area (Å²) < 4.78 is 0. The molecule has 0 N–H and O–H groups in total. The fraction of sp³-hybridized carbons (Fsp3) is 0.0488. The number of hydrogen-bond donors (Lipinski definition) is 0. The van der Waals surface area contributed by atoms with Gasteiger partial charge in [-0.1, -0.05) is 115 Å². The average molecular weight is 534 g/mol. The Hall–Kier alpha value is -5.27. The van der Waals surface area contributed by atoms with Gasteiger partial charge in [0.05, 0.1) is 5.69 Å². The molecule has 1 heteroatoms. The van der Waals surface area contributed by atoms with Crippen LogP contribution in [0.2, 0.25) is 0 Å². The molecule has 196 valence electrons. The van der Waals surface area contributed by atoms with Crippen LogP contribution in [0.4, 0.5) is 0 Å². The van der Waals surface area contributed by atoms with E-state index in [1.165, 1.54) is 76.1 Å². The number of benzene rings is 7. The second-order valence-electron chi connectivity index (χ2n) is 11.4. The van der Waals surface area contributed by atoms with Crippen LogP contribution < -0.4 is 0 Å². The maximum Gasteiger partial charge on any atom is 0.0708 e. The SMILES string of the molecule is C1=Cc2c(c3ccccc3c3cc(-c4cccc(-c5cc6c7ccccc7c7ccccc7c6cn5)c4)ccc23)CC1. The second-order valence-corrected chi connectivity index (χ2v) is 11.4. The van der Waals surface area contributed by atoms with Gasteiger partial charge in [0.2, 0.25) is 0 Å². The molecule has 42 heavy (non-hydrogen) atoms. The average Bonchev–Trinajstić information content (AvgIpc) is 3.08. The molecule has 0 unspecified atom stereocenters. The first-order valence-corrected chi connectivity index (χ1v) is 14.8. The Morgan fingerprint density at radius 3 is 1.79 bits per heavy atom. The Morgan fingerprint density at radius 2 is 1.02 bits per heavy atom. The van der Waals surface area contributed by atoms with Crippen LogP contribution in [0.3, 0.4) is 0 Å². The van der Waals surface area contributed by atoms with Crippen molar-refractivity contribution in [2.45, 2.75) is 12.8 Å². The minimum absolute atomic E-state index is 0.996. The van der Waals surface area contributed by atoms with Gasteiger partial charge in [-0.3, -0.25) is 4.98 Å². The van der Waals surface area contributed by atoms with Crippen molar-refractivity contribution < 1.29 is 0 Å². The Bertz CT molecular complexity index is 2380. The first-order chi connectivity index (χ1) is 20.8. The summed E-state index contributed by atoms with van der Waals surface area (Å²) in [5, 5.41) is 12.9. The van der Waals surface area contributed by atoms with Crippen molar-refractivity contribution in [3.8, 4) is 22.4 Å². The molecule has 8 aromatic rings. The number of nitrogens with zero attached hydrogens (tertiary/aromatic N) is 1. The van der Waals surface area contributed by atoms with Gasteiger partial charge < -0.3 is 0 Å². The second kappa shape index (κ2) is 9.12. The summed E-state index contributed by atoms with van der Waals surface area (Å²) in [4.78, 5) is 5.00. The van der Waals surface area contributed by atoms with E-state index in [-0.39, 0.29) is 0 Å². The zero-order valence-electron chi connectivity index (χ0n) is 23.1. The quantitative estimate of drug-likeness (QED) is 0.201. The summed E-state index contributed by atoms with van der Waals surface area (Å²) in [6, 6.07) is 44.4. The fourth-order valence-electron chi connectivity index (χ4n) is 7.17. The maximum absolute atomic E-state index is 5.00. The number of allylic oxidation sites excluding steroid dienone is 1. The Balaban J connectivity index is 1.22. The molecule has 1 aromatic heterocycles. The van der Waals surface area contributed by atoms with Crippen LogP contribution in [0.25, 0.3) is 82.3 Å². The lowest BCUT2D eigenvalue weighted by molar-refractivity contribution is 1.00. The molecule has 1 aliphatic rings. The highest BCUT2D eigenvalue weighted by atomic mass is 14.7. The monoisotopic (exact) mass is 533 g/mol. The number of hydrogen-bond acceptors (Lipinski definition) is 1. The van der Waals surface area contributed by atoms with Crippen molar-refractivity contribution in [3.63, 3.8) is 0 Å². The van der Waals surface area contributed by atoms with Crippen LogP contribution in [0.5, 0.6) is 0 Å². The largest absolute Gasteiger partial charge is 0.256 e. The molecule has 1 aliphatic carbocycles. The summed E-state index contributed by atoms with van der Waals surface area (Å²) >= 11 is 0. The molecule has 0 fully saturated rings. The maximum atomic E-state index is 5.00. The fourth-order valence-corrected chi connectivity index (χ4v) is 7.17. The van der Waals surface area contributed by atoms with Crippen molar-refractivity contribution in [2.75, 3.05) is 0 Å². The van der Waals surface area contributed by atoms with Gasteiger partial charge in [-0.15, -0.1) is 0 Å². The highest BCUT2D eigenvalue weighted by molar-refractivity contribution is 6.25. The molecule has 0 saturated carbocycles. The zero-order chi connectivity index (χ0) is 27.6. The lowest BCUT2D eigenvalue weighted by Crippen LogP contribution is -1.97. The molecular formula is C41H27N. The van der Waals surface area contributed by atoms with Gasteiger partial charge in [0.1, 0.15) is 0 Å². The standard InChI is InChI=1S/C41H27N/c1-2-16-33-29(12-1)30-13-3-6-17-34(30)38-23-27(20-21-37(33)38)26-10-9-11-28(22-26)41-24-39-35-18-7-4-14-31(35)32-15-5-8-19-36(32)40(39)25-42-41/h2-11,13-25H,1,12H2. The molecule has 0 saturated heterocycles. The van der Waals surface area contributed by atoms with Gasteiger partial charge in [0.15, 0.2) is 0 Å². The van der Waals surface area contributed by atoms with Gasteiger partial charge in [-0.25, -0.2) is 0 Å². The molecule has 9 rings (SSSR count). The van der Waals surface area contributed by atoms with E-state index in [2.05, 4.69) is 140 Å². The highest BCUT2D eigenvalue weighted by Crippen LogP contribution is 2.40. The number of aromatic nitrogens is 1. The van der Waals surface area contributed by atoms with Crippen LogP contribution in [0, 0.1) is 0 Å². The van der Waals surface area contributed by atoms with Gasteiger partial charge in [0.25, 0.3) is 0 Å². The lowest BCUT2D eigenvalue weighted by Gasteiger charge is -2.18. The van der Waals surface area contributed by atoms with Crippen LogP contribution in [0.1, 0.15) is 17.5 Å². The van der Waals surface area contributed by atoms with E-state index >= 15 is 0 Å². The number of rotatable bonds is 2. The summed E-state index contributed by atoms with van der Waals surface area (Å²) in [6.07, 6.45) is 8.92. The highest BCUT2D eigenvalue weighted by Gasteiger charge is 2.16. The lowest BCUT2D eigenvalue weighted by atomic mass is 9.86. The van der Waals surface area contributed by atoms with E-state index < -0.39 is 0 Å². The summed E-state index contributed by atoms with van der Waals surface area (Å²) in [5.74, 6) is 0. The van der Waals surface area contributed by atoms with E-state index in [1.807, 2.05) is 0 Å².